The first-order valence-corrected chi connectivity index (χ1v) is 7.38. The zero-order chi connectivity index (χ0) is 15.3. The molecule has 0 amide bonds. The van der Waals surface area contributed by atoms with Crippen LogP contribution in [0.2, 0.25) is 0 Å². The van der Waals surface area contributed by atoms with E-state index in [2.05, 4.69) is 54.0 Å². The second-order valence-electron chi connectivity index (χ2n) is 5.78. The van der Waals surface area contributed by atoms with Gasteiger partial charge in [0.25, 0.3) is 0 Å². The molecule has 0 spiro atoms. The molecule has 0 aliphatic rings. The number of pyridine rings is 2. The Balaban J connectivity index is 2.04. The molecule has 0 saturated heterocycles. The Kier molecular flexibility index (Phi) is 2.76. The highest BCUT2D eigenvalue weighted by Gasteiger charge is 2.16. The number of nitrogens with zero attached hydrogens (tertiary/aromatic N) is 2. The van der Waals surface area contributed by atoms with Crippen LogP contribution in [0.4, 0.5) is 0 Å². The number of aryl methyl sites for hydroxylation is 3. The van der Waals surface area contributed by atoms with Gasteiger partial charge in [-0.3, -0.25) is 4.98 Å². The molecule has 4 aromatic rings. The van der Waals surface area contributed by atoms with Crippen molar-refractivity contribution in [3.63, 3.8) is 0 Å². The normalized spacial score (nSPS) is 11.4. The lowest BCUT2D eigenvalue weighted by Gasteiger charge is -2.04. The van der Waals surface area contributed by atoms with E-state index in [0.717, 1.165) is 27.6 Å². The van der Waals surface area contributed by atoms with Crippen LogP contribution >= 0.6 is 0 Å². The summed E-state index contributed by atoms with van der Waals surface area (Å²) in [7, 11) is 2.06. The molecule has 0 unspecified atom stereocenters. The average molecular weight is 289 g/mol. The predicted octanol–water partition coefficient (Wildman–Crippen LogP) is 4.09. The van der Waals surface area contributed by atoms with Crippen LogP contribution in [-0.2, 0) is 7.05 Å². The summed E-state index contributed by atoms with van der Waals surface area (Å²) in [6.45, 7) is 4.12. The van der Waals surface area contributed by atoms with Crippen molar-refractivity contribution in [1.29, 1.82) is 0 Å². The van der Waals surface area contributed by atoms with Crippen LogP contribution in [-0.4, -0.2) is 4.98 Å². The summed E-state index contributed by atoms with van der Waals surface area (Å²) < 4.78 is 8.17. The van der Waals surface area contributed by atoms with E-state index in [0.29, 0.717) is 0 Å². The van der Waals surface area contributed by atoms with E-state index in [4.69, 9.17) is 4.42 Å². The second kappa shape index (κ2) is 4.67. The summed E-state index contributed by atoms with van der Waals surface area (Å²) in [5.74, 6) is 0. The van der Waals surface area contributed by atoms with E-state index in [1.807, 2.05) is 25.3 Å². The Labute approximate surface area is 128 Å². The van der Waals surface area contributed by atoms with Crippen LogP contribution in [0.3, 0.4) is 0 Å². The van der Waals surface area contributed by atoms with E-state index in [-0.39, 0.29) is 0 Å². The van der Waals surface area contributed by atoms with Crippen molar-refractivity contribution in [2.75, 3.05) is 0 Å². The minimum Gasteiger partial charge on any atom is -0.456 e. The van der Waals surface area contributed by atoms with Crippen LogP contribution in [0.1, 0.15) is 11.3 Å². The van der Waals surface area contributed by atoms with Gasteiger partial charge in [0.2, 0.25) is 5.69 Å². The fourth-order valence-electron chi connectivity index (χ4n) is 3.00. The molecule has 0 fully saturated rings. The second-order valence-corrected chi connectivity index (χ2v) is 5.78. The van der Waals surface area contributed by atoms with Gasteiger partial charge in [0.1, 0.15) is 18.2 Å². The van der Waals surface area contributed by atoms with E-state index < -0.39 is 0 Å². The van der Waals surface area contributed by atoms with Gasteiger partial charge in [-0.2, -0.15) is 0 Å². The molecule has 108 valence electrons. The fourth-order valence-corrected chi connectivity index (χ4v) is 3.00. The Bertz CT molecular complexity index is 1010. The number of fused-ring (bicyclic) bond motifs is 3. The van der Waals surface area contributed by atoms with Crippen molar-refractivity contribution in [2.45, 2.75) is 13.8 Å². The molecule has 1 aromatic carbocycles. The minimum atomic E-state index is 0.900. The van der Waals surface area contributed by atoms with Crippen LogP contribution in [0.5, 0.6) is 0 Å². The molecule has 0 aliphatic carbocycles. The third kappa shape index (κ3) is 1.90. The Hall–Kier alpha value is -2.68. The summed E-state index contributed by atoms with van der Waals surface area (Å²) in [4.78, 5) is 4.39. The van der Waals surface area contributed by atoms with Crippen molar-refractivity contribution in [2.24, 2.45) is 7.05 Å². The Morgan fingerprint density at radius 1 is 1.00 bits per heavy atom. The summed E-state index contributed by atoms with van der Waals surface area (Å²) in [5.41, 5.74) is 6.38. The van der Waals surface area contributed by atoms with Crippen LogP contribution in [0, 0.1) is 13.8 Å². The SMILES string of the molecule is Cc1cc2oc3cc(-c4cccc[n+]4C)c(C)cc3c2cn1. The minimum absolute atomic E-state index is 0.900. The first kappa shape index (κ1) is 13.0. The molecule has 3 nitrogen and oxygen atoms in total. The van der Waals surface area contributed by atoms with Gasteiger partial charge in [-0.05, 0) is 37.6 Å². The highest BCUT2D eigenvalue weighted by atomic mass is 16.3. The summed E-state index contributed by atoms with van der Waals surface area (Å²) in [5, 5.41) is 2.20. The van der Waals surface area contributed by atoms with Gasteiger partial charge in [-0.25, -0.2) is 4.57 Å². The topological polar surface area (TPSA) is 29.9 Å². The van der Waals surface area contributed by atoms with Crippen molar-refractivity contribution >= 4 is 21.9 Å². The van der Waals surface area contributed by atoms with Gasteiger partial charge in [0.05, 0.1) is 5.56 Å². The molecule has 0 radical (unpaired) electrons. The van der Waals surface area contributed by atoms with Gasteiger partial charge in [0.15, 0.2) is 6.20 Å². The van der Waals surface area contributed by atoms with Crippen molar-refractivity contribution < 1.29 is 8.98 Å². The zero-order valence-electron chi connectivity index (χ0n) is 12.9. The highest BCUT2D eigenvalue weighted by Crippen LogP contribution is 2.33. The lowest BCUT2D eigenvalue weighted by molar-refractivity contribution is -0.660. The molecule has 0 bridgehead atoms. The third-order valence-corrected chi connectivity index (χ3v) is 4.17. The van der Waals surface area contributed by atoms with E-state index in [1.54, 1.807) is 0 Å². The molecule has 3 aromatic heterocycles. The maximum atomic E-state index is 6.04. The molecule has 3 heteroatoms. The lowest BCUT2D eigenvalue weighted by Crippen LogP contribution is -2.30. The summed E-state index contributed by atoms with van der Waals surface area (Å²) >= 11 is 0. The number of rotatable bonds is 1. The quantitative estimate of drug-likeness (QED) is 0.494. The molecule has 4 rings (SSSR count). The third-order valence-electron chi connectivity index (χ3n) is 4.17. The number of hydrogen-bond acceptors (Lipinski definition) is 2. The first-order valence-electron chi connectivity index (χ1n) is 7.38. The van der Waals surface area contributed by atoms with Crippen molar-refractivity contribution in [1.82, 2.24) is 4.98 Å². The van der Waals surface area contributed by atoms with E-state index >= 15 is 0 Å². The van der Waals surface area contributed by atoms with Gasteiger partial charge < -0.3 is 4.42 Å². The molecular weight excluding hydrogens is 272 g/mol. The monoisotopic (exact) mass is 289 g/mol. The van der Waals surface area contributed by atoms with Gasteiger partial charge >= 0.3 is 0 Å². The summed E-state index contributed by atoms with van der Waals surface area (Å²) in [6, 6.07) is 12.5. The molecule has 0 aliphatic heterocycles. The maximum absolute atomic E-state index is 6.04. The highest BCUT2D eigenvalue weighted by molar-refractivity contribution is 6.06. The smallest absolute Gasteiger partial charge is 0.212 e. The molecular formula is C19H17N2O+. The maximum Gasteiger partial charge on any atom is 0.212 e. The standard InChI is InChI=1S/C19H17N2O/c1-12-8-15-16-11-20-13(2)9-18(16)22-19(15)10-14(12)17-6-4-5-7-21(17)3/h4-11H,1-3H3/q+1. The van der Waals surface area contributed by atoms with Crippen LogP contribution < -0.4 is 4.57 Å². The molecule has 0 saturated carbocycles. The largest absolute Gasteiger partial charge is 0.456 e. The first-order chi connectivity index (χ1) is 10.6. The zero-order valence-corrected chi connectivity index (χ0v) is 12.9. The van der Waals surface area contributed by atoms with Gasteiger partial charge in [0, 0.05) is 40.9 Å². The van der Waals surface area contributed by atoms with Crippen LogP contribution in [0.25, 0.3) is 33.2 Å². The number of benzene rings is 1. The van der Waals surface area contributed by atoms with Gasteiger partial charge in [-0.1, -0.05) is 0 Å². The molecule has 22 heavy (non-hydrogen) atoms. The summed E-state index contributed by atoms with van der Waals surface area (Å²) in [6.07, 6.45) is 3.96. The molecule has 3 heterocycles. The van der Waals surface area contributed by atoms with Crippen LogP contribution in [0.15, 0.2) is 53.2 Å². The number of aromatic nitrogens is 2. The van der Waals surface area contributed by atoms with Crippen molar-refractivity contribution in [3.8, 4) is 11.3 Å². The Morgan fingerprint density at radius 2 is 1.82 bits per heavy atom. The molecule has 0 atom stereocenters. The van der Waals surface area contributed by atoms with Gasteiger partial charge in [-0.15, -0.1) is 0 Å². The lowest BCUT2D eigenvalue weighted by atomic mass is 10.0. The number of hydrogen-bond donors (Lipinski definition) is 0. The number of furan rings is 1. The predicted molar refractivity (Wildman–Crippen MR) is 87.6 cm³/mol. The molecule has 0 N–H and O–H groups in total. The van der Waals surface area contributed by atoms with E-state index in [9.17, 15) is 0 Å². The van der Waals surface area contributed by atoms with E-state index in [1.165, 1.54) is 16.8 Å². The van der Waals surface area contributed by atoms with Crippen molar-refractivity contribution in [3.05, 3.63) is 60.0 Å². The average Bonchev–Trinajstić information content (AvgIpc) is 2.83. The fraction of sp³-hybridized carbons (Fsp3) is 0.158. The Morgan fingerprint density at radius 3 is 2.64 bits per heavy atom.